The van der Waals surface area contributed by atoms with Crippen molar-refractivity contribution in [3.05, 3.63) is 35.4 Å². The third kappa shape index (κ3) is 1.84. The monoisotopic (exact) mass is 179 g/mol. The van der Waals surface area contributed by atoms with Gasteiger partial charge in [0.25, 0.3) is 5.24 Å². The summed E-state index contributed by atoms with van der Waals surface area (Å²) in [5, 5.41) is 7.91. The maximum Gasteiger partial charge on any atom is 0.252 e. The predicted octanol–water partition coefficient (Wildman–Crippen LogP) is 2.13. The van der Waals surface area contributed by atoms with E-state index in [1.807, 2.05) is 6.07 Å². The number of carbonyl (C=O) groups excluding carboxylic acids is 1. The molecule has 1 rings (SSSR count). The van der Waals surface area contributed by atoms with E-state index in [1.54, 1.807) is 24.3 Å². The molecule has 2 nitrogen and oxygen atoms in total. The molecule has 0 radical (unpaired) electrons. The number of nitrogens with zero attached hydrogens (tertiary/aromatic N) is 1. The molecule has 0 bridgehead atoms. The minimum absolute atomic E-state index is 0.217. The van der Waals surface area contributed by atoms with Crippen LogP contribution in [0.25, 0.3) is 0 Å². The lowest BCUT2D eigenvalue weighted by Gasteiger charge is -1.99. The maximum absolute atomic E-state index is 10.8. The zero-order valence-corrected chi connectivity index (χ0v) is 7.01. The van der Waals surface area contributed by atoms with Crippen molar-refractivity contribution in [1.82, 2.24) is 0 Å². The summed E-state index contributed by atoms with van der Waals surface area (Å²) in [5.41, 5.74) is 1.10. The molecule has 0 aliphatic carbocycles. The summed E-state index contributed by atoms with van der Waals surface area (Å²) < 4.78 is 0. The average molecular weight is 180 g/mol. The first-order valence-electron chi connectivity index (χ1n) is 3.40. The molecule has 0 unspecified atom stereocenters. The van der Waals surface area contributed by atoms with Crippen molar-refractivity contribution in [2.24, 2.45) is 0 Å². The van der Waals surface area contributed by atoms with Crippen LogP contribution in [0.15, 0.2) is 24.3 Å². The summed E-state index contributed by atoms with van der Waals surface area (Å²) in [4.78, 5) is 10.8. The Labute approximate surface area is 75.4 Å². The van der Waals surface area contributed by atoms with Gasteiger partial charge < -0.3 is 0 Å². The molecular formula is C9H6ClNO. The first-order chi connectivity index (χ1) is 5.75. The van der Waals surface area contributed by atoms with Crippen molar-refractivity contribution >= 4 is 16.8 Å². The lowest BCUT2D eigenvalue weighted by Crippen LogP contribution is -1.95. The fraction of sp³-hybridized carbons (Fsp3) is 0.111. The normalized spacial score (nSPS) is 9.00. The fourth-order valence-electron chi connectivity index (χ4n) is 0.951. The Balaban J connectivity index is 3.10. The summed E-state index contributed by atoms with van der Waals surface area (Å²) >= 11 is 5.30. The predicted molar refractivity (Wildman–Crippen MR) is 45.9 cm³/mol. The quantitative estimate of drug-likeness (QED) is 0.653. The van der Waals surface area contributed by atoms with Gasteiger partial charge in [0.05, 0.1) is 12.5 Å². The van der Waals surface area contributed by atoms with Crippen LogP contribution in [0.2, 0.25) is 0 Å². The Bertz CT molecular complexity index is 341. The highest BCUT2D eigenvalue weighted by molar-refractivity contribution is 6.67. The second-order valence-electron chi connectivity index (χ2n) is 2.27. The van der Waals surface area contributed by atoms with Crippen molar-refractivity contribution in [2.75, 3.05) is 0 Å². The van der Waals surface area contributed by atoms with Crippen molar-refractivity contribution in [3.63, 3.8) is 0 Å². The molecule has 0 aliphatic rings. The summed E-state index contributed by atoms with van der Waals surface area (Å²) in [6, 6.07) is 8.80. The standard InChI is InChI=1S/C9H6ClNO/c10-9(12)8-4-2-1-3-7(8)5-6-11/h1-4H,5H2. The molecule has 0 saturated carbocycles. The molecule has 0 N–H and O–H groups in total. The first kappa shape index (κ1) is 8.76. The third-order valence-corrected chi connectivity index (χ3v) is 1.70. The smallest absolute Gasteiger partial charge is 0.252 e. The molecule has 0 atom stereocenters. The Kier molecular flexibility index (Phi) is 2.84. The number of halogens is 1. The Hall–Kier alpha value is -1.33. The van der Waals surface area contributed by atoms with Crippen molar-refractivity contribution in [2.45, 2.75) is 6.42 Å². The van der Waals surface area contributed by atoms with Crippen molar-refractivity contribution in [1.29, 1.82) is 5.26 Å². The highest BCUT2D eigenvalue weighted by atomic mass is 35.5. The largest absolute Gasteiger partial charge is 0.276 e. The summed E-state index contributed by atoms with van der Waals surface area (Å²) in [5.74, 6) is 0. The molecule has 0 spiro atoms. The molecule has 0 aromatic heterocycles. The van der Waals surface area contributed by atoms with Gasteiger partial charge in [0.2, 0.25) is 0 Å². The van der Waals surface area contributed by atoms with Crippen LogP contribution in [-0.2, 0) is 6.42 Å². The number of hydrogen-bond acceptors (Lipinski definition) is 2. The number of rotatable bonds is 2. The van der Waals surface area contributed by atoms with Crippen LogP contribution in [0.5, 0.6) is 0 Å². The number of carbonyl (C=O) groups is 1. The van der Waals surface area contributed by atoms with Crippen molar-refractivity contribution < 1.29 is 4.79 Å². The zero-order valence-electron chi connectivity index (χ0n) is 6.25. The molecule has 60 valence electrons. The fourth-order valence-corrected chi connectivity index (χ4v) is 1.14. The molecule has 0 saturated heterocycles. The van der Waals surface area contributed by atoms with Gasteiger partial charge in [0.1, 0.15) is 0 Å². The Morgan fingerprint density at radius 2 is 2.17 bits per heavy atom. The lowest BCUT2D eigenvalue weighted by atomic mass is 10.1. The van der Waals surface area contributed by atoms with Gasteiger partial charge in [-0.15, -0.1) is 0 Å². The Morgan fingerprint density at radius 3 is 2.75 bits per heavy atom. The van der Waals surface area contributed by atoms with Gasteiger partial charge in [-0.3, -0.25) is 4.79 Å². The molecule has 12 heavy (non-hydrogen) atoms. The molecule has 3 heteroatoms. The van der Waals surface area contributed by atoms with Crippen LogP contribution in [0, 0.1) is 11.3 Å². The second-order valence-corrected chi connectivity index (χ2v) is 2.61. The highest BCUT2D eigenvalue weighted by Crippen LogP contribution is 2.11. The van der Waals surface area contributed by atoms with E-state index in [9.17, 15) is 4.79 Å². The SMILES string of the molecule is N#CCc1ccccc1C(=O)Cl. The van der Waals surface area contributed by atoms with E-state index in [0.29, 0.717) is 11.1 Å². The summed E-state index contributed by atoms with van der Waals surface area (Å²) in [7, 11) is 0. The van der Waals surface area contributed by atoms with E-state index < -0.39 is 5.24 Å². The van der Waals surface area contributed by atoms with E-state index in [2.05, 4.69) is 0 Å². The van der Waals surface area contributed by atoms with Crippen LogP contribution in [0.1, 0.15) is 15.9 Å². The van der Waals surface area contributed by atoms with Gasteiger partial charge in [0, 0.05) is 5.56 Å². The summed E-state index contributed by atoms with van der Waals surface area (Å²) in [6.07, 6.45) is 0.217. The van der Waals surface area contributed by atoms with Crippen LogP contribution in [0.4, 0.5) is 0 Å². The summed E-state index contributed by atoms with van der Waals surface area (Å²) in [6.45, 7) is 0. The molecule has 0 aliphatic heterocycles. The van der Waals surface area contributed by atoms with Crippen LogP contribution in [-0.4, -0.2) is 5.24 Å². The van der Waals surface area contributed by atoms with E-state index >= 15 is 0 Å². The first-order valence-corrected chi connectivity index (χ1v) is 3.78. The van der Waals surface area contributed by atoms with Crippen LogP contribution >= 0.6 is 11.6 Å². The van der Waals surface area contributed by atoms with Gasteiger partial charge >= 0.3 is 0 Å². The molecule has 0 fully saturated rings. The van der Waals surface area contributed by atoms with Gasteiger partial charge in [-0.1, -0.05) is 18.2 Å². The molecule has 0 heterocycles. The third-order valence-electron chi connectivity index (χ3n) is 1.50. The zero-order chi connectivity index (χ0) is 8.97. The van der Waals surface area contributed by atoms with Gasteiger partial charge in [-0.2, -0.15) is 5.26 Å². The molecule has 1 aromatic rings. The number of hydrogen-bond donors (Lipinski definition) is 0. The van der Waals surface area contributed by atoms with E-state index in [0.717, 1.165) is 0 Å². The lowest BCUT2D eigenvalue weighted by molar-refractivity contribution is 0.108. The Morgan fingerprint density at radius 1 is 1.50 bits per heavy atom. The van der Waals surface area contributed by atoms with Gasteiger partial charge in [0.15, 0.2) is 0 Å². The minimum atomic E-state index is -0.513. The average Bonchev–Trinajstić information content (AvgIpc) is 2.05. The second kappa shape index (κ2) is 3.89. The van der Waals surface area contributed by atoms with Gasteiger partial charge in [-0.25, -0.2) is 0 Å². The van der Waals surface area contributed by atoms with E-state index in [-0.39, 0.29) is 6.42 Å². The maximum atomic E-state index is 10.8. The topological polar surface area (TPSA) is 40.9 Å². The van der Waals surface area contributed by atoms with Gasteiger partial charge in [-0.05, 0) is 23.2 Å². The van der Waals surface area contributed by atoms with Crippen LogP contribution in [0.3, 0.4) is 0 Å². The van der Waals surface area contributed by atoms with Crippen LogP contribution < -0.4 is 0 Å². The van der Waals surface area contributed by atoms with E-state index in [1.165, 1.54) is 0 Å². The molecular weight excluding hydrogens is 174 g/mol. The minimum Gasteiger partial charge on any atom is -0.276 e. The number of benzene rings is 1. The number of nitriles is 1. The molecule has 1 aromatic carbocycles. The van der Waals surface area contributed by atoms with Crippen molar-refractivity contribution in [3.8, 4) is 6.07 Å². The molecule has 0 amide bonds. The van der Waals surface area contributed by atoms with E-state index in [4.69, 9.17) is 16.9 Å². The highest BCUT2D eigenvalue weighted by Gasteiger charge is 2.06.